The highest BCUT2D eigenvalue weighted by Crippen LogP contribution is 2.30. The number of ether oxygens (including phenoxy) is 2. The maximum Gasteiger partial charge on any atom is 0.345 e. The van der Waals surface area contributed by atoms with Gasteiger partial charge >= 0.3 is 5.97 Å². The minimum Gasteiger partial charge on any atom is -0.493 e. The van der Waals surface area contributed by atoms with Gasteiger partial charge in [0.1, 0.15) is 0 Å². The number of carbonyl (C=O) groups is 1. The molecule has 130 valence electrons. The number of halogens is 1. The van der Waals surface area contributed by atoms with E-state index in [-0.39, 0.29) is 0 Å². The SMILES string of the molecule is COc1cc(/C=C/c2ccncc2)ccc1OC(=O)c1ccccc1Cl. The summed E-state index contributed by atoms with van der Waals surface area (Å²) in [5.41, 5.74) is 2.25. The number of methoxy groups -OCH3 is 1. The zero-order valence-corrected chi connectivity index (χ0v) is 14.8. The monoisotopic (exact) mass is 365 g/mol. The Labute approximate surface area is 156 Å². The third-order valence-electron chi connectivity index (χ3n) is 3.66. The maximum atomic E-state index is 12.3. The van der Waals surface area contributed by atoms with Crippen molar-refractivity contribution in [3.8, 4) is 11.5 Å². The number of hydrogen-bond acceptors (Lipinski definition) is 4. The van der Waals surface area contributed by atoms with E-state index in [2.05, 4.69) is 4.98 Å². The Morgan fingerprint density at radius 3 is 2.42 bits per heavy atom. The van der Waals surface area contributed by atoms with Crippen LogP contribution in [0, 0.1) is 0 Å². The normalized spacial score (nSPS) is 10.7. The van der Waals surface area contributed by atoms with Gasteiger partial charge in [0.15, 0.2) is 11.5 Å². The lowest BCUT2D eigenvalue weighted by Crippen LogP contribution is -2.09. The lowest BCUT2D eigenvalue weighted by molar-refractivity contribution is 0.0730. The molecule has 5 heteroatoms. The van der Waals surface area contributed by atoms with E-state index >= 15 is 0 Å². The lowest BCUT2D eigenvalue weighted by atomic mass is 10.1. The summed E-state index contributed by atoms with van der Waals surface area (Å²) in [7, 11) is 1.53. The fourth-order valence-electron chi connectivity index (χ4n) is 2.32. The van der Waals surface area contributed by atoms with Crippen molar-refractivity contribution in [3.05, 3.63) is 88.7 Å². The Hall–Kier alpha value is -3.11. The molecule has 0 bridgehead atoms. The molecule has 0 spiro atoms. The molecule has 0 N–H and O–H groups in total. The summed E-state index contributed by atoms with van der Waals surface area (Å²) in [4.78, 5) is 16.3. The first-order valence-corrected chi connectivity index (χ1v) is 8.28. The summed E-state index contributed by atoms with van der Waals surface area (Å²) in [6, 6.07) is 15.9. The molecule has 0 saturated heterocycles. The van der Waals surface area contributed by atoms with Gasteiger partial charge in [-0.15, -0.1) is 0 Å². The van der Waals surface area contributed by atoms with Crippen LogP contribution < -0.4 is 9.47 Å². The van der Waals surface area contributed by atoms with Gasteiger partial charge in [0.25, 0.3) is 0 Å². The number of rotatable bonds is 5. The molecular weight excluding hydrogens is 350 g/mol. The van der Waals surface area contributed by atoms with Crippen LogP contribution in [0.25, 0.3) is 12.2 Å². The number of hydrogen-bond donors (Lipinski definition) is 0. The van der Waals surface area contributed by atoms with Crippen LogP contribution in [0.5, 0.6) is 11.5 Å². The summed E-state index contributed by atoms with van der Waals surface area (Å²) in [6.07, 6.45) is 7.37. The van der Waals surface area contributed by atoms with Gasteiger partial charge < -0.3 is 9.47 Å². The summed E-state index contributed by atoms with van der Waals surface area (Å²) >= 11 is 6.04. The molecule has 3 aromatic rings. The highest BCUT2D eigenvalue weighted by atomic mass is 35.5. The van der Waals surface area contributed by atoms with E-state index in [9.17, 15) is 4.79 Å². The average Bonchev–Trinajstić information content (AvgIpc) is 2.68. The van der Waals surface area contributed by atoms with Crippen LogP contribution in [0.3, 0.4) is 0 Å². The number of carbonyl (C=O) groups excluding carboxylic acids is 1. The second kappa shape index (κ2) is 8.32. The molecule has 3 rings (SSSR count). The first-order valence-electron chi connectivity index (χ1n) is 7.90. The van der Waals surface area contributed by atoms with Crippen LogP contribution in [0.2, 0.25) is 5.02 Å². The minimum atomic E-state index is -0.533. The molecule has 26 heavy (non-hydrogen) atoms. The standard InChI is InChI=1S/C21H16ClNO3/c1-25-20-14-16(7-6-15-10-12-23-13-11-15)8-9-19(20)26-21(24)17-4-2-3-5-18(17)22/h2-14H,1H3/b7-6+. The highest BCUT2D eigenvalue weighted by molar-refractivity contribution is 6.33. The Morgan fingerprint density at radius 2 is 1.69 bits per heavy atom. The molecule has 0 aliphatic carbocycles. The molecular formula is C21H16ClNO3. The van der Waals surface area contributed by atoms with E-state index in [0.717, 1.165) is 11.1 Å². The van der Waals surface area contributed by atoms with Crippen LogP contribution in [0.1, 0.15) is 21.5 Å². The Bertz CT molecular complexity index is 939. The van der Waals surface area contributed by atoms with Crippen molar-refractivity contribution in [1.29, 1.82) is 0 Å². The van der Waals surface area contributed by atoms with Crippen molar-refractivity contribution < 1.29 is 14.3 Å². The molecule has 4 nitrogen and oxygen atoms in total. The Kier molecular flexibility index (Phi) is 5.66. The Morgan fingerprint density at radius 1 is 0.962 bits per heavy atom. The predicted octanol–water partition coefficient (Wildman–Crippen LogP) is 5.13. The van der Waals surface area contributed by atoms with Crippen LogP contribution in [0.15, 0.2) is 67.0 Å². The molecule has 0 aliphatic heterocycles. The van der Waals surface area contributed by atoms with Gasteiger partial charge in [0, 0.05) is 12.4 Å². The topological polar surface area (TPSA) is 48.4 Å². The molecule has 0 amide bonds. The van der Waals surface area contributed by atoms with E-state index in [4.69, 9.17) is 21.1 Å². The van der Waals surface area contributed by atoms with Gasteiger partial charge in [0.2, 0.25) is 0 Å². The van der Waals surface area contributed by atoms with Crippen LogP contribution in [-0.2, 0) is 0 Å². The second-order valence-electron chi connectivity index (χ2n) is 5.39. The van der Waals surface area contributed by atoms with Crippen molar-refractivity contribution in [2.45, 2.75) is 0 Å². The molecule has 2 aromatic carbocycles. The van der Waals surface area contributed by atoms with Gasteiger partial charge in [-0.3, -0.25) is 4.98 Å². The quantitative estimate of drug-likeness (QED) is 0.464. The molecule has 0 atom stereocenters. The van der Waals surface area contributed by atoms with Crippen molar-refractivity contribution in [1.82, 2.24) is 4.98 Å². The van der Waals surface area contributed by atoms with Crippen LogP contribution >= 0.6 is 11.6 Å². The van der Waals surface area contributed by atoms with Gasteiger partial charge in [0.05, 0.1) is 17.7 Å². The Balaban J connectivity index is 1.80. The molecule has 0 aliphatic rings. The van der Waals surface area contributed by atoms with Gasteiger partial charge in [-0.1, -0.05) is 42.0 Å². The van der Waals surface area contributed by atoms with Crippen molar-refractivity contribution in [3.63, 3.8) is 0 Å². The number of esters is 1. The molecule has 0 unspecified atom stereocenters. The number of pyridine rings is 1. The molecule has 0 fully saturated rings. The first-order chi connectivity index (χ1) is 12.7. The largest absolute Gasteiger partial charge is 0.493 e. The summed E-state index contributed by atoms with van der Waals surface area (Å²) in [5, 5.41) is 0.341. The van der Waals surface area contributed by atoms with E-state index in [1.165, 1.54) is 7.11 Å². The third-order valence-corrected chi connectivity index (χ3v) is 3.99. The number of aromatic nitrogens is 1. The molecule has 1 heterocycles. The van der Waals surface area contributed by atoms with E-state index < -0.39 is 5.97 Å². The molecule has 0 saturated carbocycles. The smallest absolute Gasteiger partial charge is 0.345 e. The fraction of sp³-hybridized carbons (Fsp3) is 0.0476. The molecule has 0 radical (unpaired) electrons. The third kappa shape index (κ3) is 4.29. The summed E-state index contributed by atoms with van der Waals surface area (Å²) in [5.74, 6) is 0.259. The van der Waals surface area contributed by atoms with Gasteiger partial charge in [-0.25, -0.2) is 4.79 Å². The van der Waals surface area contributed by atoms with E-state index in [1.807, 2.05) is 30.4 Å². The maximum absolute atomic E-state index is 12.3. The second-order valence-corrected chi connectivity index (χ2v) is 5.80. The van der Waals surface area contributed by atoms with Crippen molar-refractivity contribution in [2.75, 3.05) is 7.11 Å². The summed E-state index contributed by atoms with van der Waals surface area (Å²) < 4.78 is 10.8. The zero-order valence-electron chi connectivity index (χ0n) is 14.1. The highest BCUT2D eigenvalue weighted by Gasteiger charge is 2.15. The molecule has 1 aromatic heterocycles. The number of benzene rings is 2. The predicted molar refractivity (Wildman–Crippen MR) is 103 cm³/mol. The fourth-order valence-corrected chi connectivity index (χ4v) is 2.53. The lowest BCUT2D eigenvalue weighted by Gasteiger charge is -2.10. The summed E-state index contributed by atoms with van der Waals surface area (Å²) in [6.45, 7) is 0. The zero-order chi connectivity index (χ0) is 18.4. The van der Waals surface area contributed by atoms with Crippen LogP contribution in [0.4, 0.5) is 0 Å². The average molecular weight is 366 g/mol. The van der Waals surface area contributed by atoms with E-state index in [1.54, 1.807) is 48.8 Å². The van der Waals surface area contributed by atoms with Gasteiger partial charge in [-0.05, 0) is 47.5 Å². The van der Waals surface area contributed by atoms with Gasteiger partial charge in [-0.2, -0.15) is 0 Å². The number of nitrogens with zero attached hydrogens (tertiary/aromatic N) is 1. The minimum absolute atomic E-state index is 0.304. The van der Waals surface area contributed by atoms with E-state index in [0.29, 0.717) is 22.1 Å². The van der Waals surface area contributed by atoms with Crippen molar-refractivity contribution in [2.24, 2.45) is 0 Å². The van der Waals surface area contributed by atoms with Crippen molar-refractivity contribution >= 4 is 29.7 Å². The first kappa shape index (κ1) is 17.7. The van der Waals surface area contributed by atoms with Crippen LogP contribution in [-0.4, -0.2) is 18.1 Å².